The number of hydrogen-bond acceptors (Lipinski definition) is 3. The molecule has 0 atom stereocenters. The number of aryl methyl sites for hydroxylation is 1. The molecule has 3 aromatic rings. The molecule has 23 heavy (non-hydrogen) atoms. The summed E-state index contributed by atoms with van der Waals surface area (Å²) in [6, 6.07) is 10.1. The number of hydrogen-bond donors (Lipinski definition) is 0. The van der Waals surface area contributed by atoms with Crippen molar-refractivity contribution < 1.29 is 0 Å². The fourth-order valence-electron chi connectivity index (χ4n) is 3.06. The average molecular weight is 325 g/mol. The second-order valence-corrected chi connectivity index (χ2v) is 6.24. The van der Waals surface area contributed by atoms with E-state index in [1.165, 1.54) is 11.1 Å². The van der Waals surface area contributed by atoms with E-state index in [0.29, 0.717) is 0 Å². The number of aromatic nitrogens is 3. The number of fused-ring (bicyclic) bond motifs is 1. The molecule has 0 bridgehead atoms. The molecule has 0 saturated heterocycles. The van der Waals surface area contributed by atoms with Gasteiger partial charge < -0.3 is 4.90 Å². The Kier molecular flexibility index (Phi) is 3.54. The fraction of sp³-hybridized carbons (Fsp3) is 0.222. The average Bonchev–Trinajstić information content (AvgIpc) is 2.96. The van der Waals surface area contributed by atoms with Crippen molar-refractivity contribution in [2.24, 2.45) is 0 Å². The summed E-state index contributed by atoms with van der Waals surface area (Å²) in [5.41, 5.74) is 4.69. The van der Waals surface area contributed by atoms with Gasteiger partial charge in [0.15, 0.2) is 5.82 Å². The third-order valence-electron chi connectivity index (χ3n) is 4.22. The van der Waals surface area contributed by atoms with Gasteiger partial charge >= 0.3 is 0 Å². The van der Waals surface area contributed by atoms with E-state index in [2.05, 4.69) is 39.3 Å². The zero-order valence-electron chi connectivity index (χ0n) is 12.9. The van der Waals surface area contributed by atoms with Crippen LogP contribution < -0.4 is 4.90 Å². The minimum absolute atomic E-state index is 0.777. The third kappa shape index (κ3) is 2.70. The molecule has 0 aliphatic carbocycles. The van der Waals surface area contributed by atoms with Crippen LogP contribution in [-0.4, -0.2) is 27.7 Å². The van der Waals surface area contributed by atoms with Crippen LogP contribution in [0.3, 0.4) is 0 Å². The Bertz CT molecular complexity index is 880. The van der Waals surface area contributed by atoms with Gasteiger partial charge in [-0.25, -0.2) is 9.50 Å². The molecular formula is C18H17ClN4. The van der Waals surface area contributed by atoms with Crippen molar-refractivity contribution >= 4 is 28.5 Å². The molecule has 1 aromatic carbocycles. The lowest BCUT2D eigenvalue weighted by Crippen LogP contribution is -2.29. The van der Waals surface area contributed by atoms with Gasteiger partial charge in [-0.3, -0.25) is 0 Å². The first-order valence-electron chi connectivity index (χ1n) is 7.71. The van der Waals surface area contributed by atoms with Gasteiger partial charge in [-0.05, 0) is 42.7 Å². The van der Waals surface area contributed by atoms with E-state index >= 15 is 0 Å². The van der Waals surface area contributed by atoms with E-state index < -0.39 is 0 Å². The van der Waals surface area contributed by atoms with E-state index in [9.17, 15) is 0 Å². The molecule has 116 valence electrons. The SMILES string of the molecule is Cc1cc2c(N3CC=C(c4ccc(Cl)cc4)CC3)nccn2n1. The second kappa shape index (κ2) is 5.70. The summed E-state index contributed by atoms with van der Waals surface area (Å²) >= 11 is 5.97. The van der Waals surface area contributed by atoms with Crippen molar-refractivity contribution in [3.05, 3.63) is 65.1 Å². The van der Waals surface area contributed by atoms with Crippen molar-refractivity contribution in [1.29, 1.82) is 0 Å². The van der Waals surface area contributed by atoms with Crippen LogP contribution in [0.4, 0.5) is 5.82 Å². The molecule has 0 saturated carbocycles. The number of halogens is 1. The molecular weight excluding hydrogens is 308 g/mol. The summed E-state index contributed by atoms with van der Waals surface area (Å²) in [6.07, 6.45) is 6.98. The number of benzene rings is 1. The lowest BCUT2D eigenvalue weighted by atomic mass is 9.99. The first-order valence-corrected chi connectivity index (χ1v) is 8.09. The molecule has 4 nitrogen and oxygen atoms in total. The largest absolute Gasteiger partial charge is 0.351 e. The van der Waals surface area contributed by atoms with Crippen molar-refractivity contribution in [1.82, 2.24) is 14.6 Å². The van der Waals surface area contributed by atoms with Crippen LogP contribution in [0.15, 0.2) is 48.8 Å². The number of anilines is 1. The molecule has 0 unspecified atom stereocenters. The van der Waals surface area contributed by atoms with E-state index in [-0.39, 0.29) is 0 Å². The summed E-state index contributed by atoms with van der Waals surface area (Å²) in [5, 5.41) is 5.24. The van der Waals surface area contributed by atoms with Crippen LogP contribution in [0.5, 0.6) is 0 Å². The van der Waals surface area contributed by atoms with Crippen LogP contribution in [0.1, 0.15) is 17.7 Å². The monoisotopic (exact) mass is 324 g/mol. The molecule has 0 spiro atoms. The van der Waals surface area contributed by atoms with Crippen LogP contribution in [0.25, 0.3) is 11.1 Å². The quantitative estimate of drug-likeness (QED) is 0.715. The molecule has 1 aliphatic heterocycles. The first kappa shape index (κ1) is 14.3. The molecule has 5 heteroatoms. The highest BCUT2D eigenvalue weighted by Crippen LogP contribution is 2.27. The lowest BCUT2D eigenvalue weighted by molar-refractivity contribution is 0.810. The third-order valence-corrected chi connectivity index (χ3v) is 4.47. The highest BCUT2D eigenvalue weighted by Gasteiger charge is 2.17. The Labute approximate surface area is 140 Å². The standard InChI is InChI=1S/C18H17ClN4/c1-13-12-17-18(20-8-11-23(17)21-13)22-9-6-15(7-10-22)14-2-4-16(19)5-3-14/h2-6,8,11-12H,7,9-10H2,1H3. The predicted octanol–water partition coefficient (Wildman–Crippen LogP) is 3.98. The maximum absolute atomic E-state index is 5.97. The predicted molar refractivity (Wildman–Crippen MR) is 94.0 cm³/mol. The van der Waals surface area contributed by atoms with Gasteiger partial charge in [0.05, 0.1) is 5.69 Å². The van der Waals surface area contributed by atoms with Crippen molar-refractivity contribution in [3.8, 4) is 0 Å². The maximum Gasteiger partial charge on any atom is 0.154 e. The minimum atomic E-state index is 0.777. The van der Waals surface area contributed by atoms with Gasteiger partial charge in [0, 0.05) is 30.5 Å². The van der Waals surface area contributed by atoms with Crippen molar-refractivity contribution in [3.63, 3.8) is 0 Å². The smallest absolute Gasteiger partial charge is 0.154 e. The molecule has 0 N–H and O–H groups in total. The summed E-state index contributed by atoms with van der Waals surface area (Å²) in [5.74, 6) is 1.000. The van der Waals surface area contributed by atoms with Crippen LogP contribution in [-0.2, 0) is 0 Å². The topological polar surface area (TPSA) is 33.4 Å². The Morgan fingerprint density at radius 1 is 1.17 bits per heavy atom. The van der Waals surface area contributed by atoms with Crippen LogP contribution in [0.2, 0.25) is 5.02 Å². The summed E-state index contributed by atoms with van der Waals surface area (Å²) in [7, 11) is 0. The zero-order valence-corrected chi connectivity index (χ0v) is 13.7. The van der Waals surface area contributed by atoms with Gasteiger partial charge in [0.25, 0.3) is 0 Å². The van der Waals surface area contributed by atoms with Gasteiger partial charge in [-0.1, -0.05) is 29.8 Å². The molecule has 0 amide bonds. The lowest BCUT2D eigenvalue weighted by Gasteiger charge is -2.28. The van der Waals surface area contributed by atoms with E-state index in [4.69, 9.17) is 11.6 Å². The number of rotatable bonds is 2. The van der Waals surface area contributed by atoms with Gasteiger partial charge in [0.1, 0.15) is 5.52 Å². The molecule has 4 rings (SSSR count). The van der Waals surface area contributed by atoms with Crippen LogP contribution in [0, 0.1) is 6.92 Å². The summed E-state index contributed by atoms with van der Waals surface area (Å²) in [4.78, 5) is 6.87. The maximum atomic E-state index is 5.97. The first-order chi connectivity index (χ1) is 11.2. The van der Waals surface area contributed by atoms with Crippen molar-refractivity contribution in [2.45, 2.75) is 13.3 Å². The molecule has 3 heterocycles. The van der Waals surface area contributed by atoms with Gasteiger partial charge in [0.2, 0.25) is 0 Å². The Balaban J connectivity index is 1.62. The normalized spacial score (nSPS) is 15.0. The summed E-state index contributed by atoms with van der Waals surface area (Å²) < 4.78 is 1.90. The minimum Gasteiger partial charge on any atom is -0.351 e. The molecule has 0 fully saturated rings. The molecule has 2 aromatic heterocycles. The molecule has 0 radical (unpaired) electrons. The van der Waals surface area contributed by atoms with E-state index in [1.54, 1.807) is 0 Å². The summed E-state index contributed by atoms with van der Waals surface area (Å²) in [6.45, 7) is 3.81. The molecule has 1 aliphatic rings. The number of nitrogens with zero attached hydrogens (tertiary/aromatic N) is 4. The van der Waals surface area contributed by atoms with Gasteiger partial charge in [-0.15, -0.1) is 0 Å². The van der Waals surface area contributed by atoms with E-state index in [0.717, 1.165) is 41.6 Å². The Morgan fingerprint density at radius 2 is 2.00 bits per heavy atom. The second-order valence-electron chi connectivity index (χ2n) is 5.80. The fourth-order valence-corrected chi connectivity index (χ4v) is 3.19. The van der Waals surface area contributed by atoms with Gasteiger partial charge in [-0.2, -0.15) is 5.10 Å². The highest BCUT2D eigenvalue weighted by molar-refractivity contribution is 6.30. The van der Waals surface area contributed by atoms with Crippen molar-refractivity contribution in [2.75, 3.05) is 18.0 Å². The van der Waals surface area contributed by atoms with E-state index in [1.807, 2.05) is 36.0 Å². The highest BCUT2D eigenvalue weighted by atomic mass is 35.5. The van der Waals surface area contributed by atoms with Crippen LogP contribution >= 0.6 is 11.6 Å². The Hall–Kier alpha value is -2.33. The zero-order chi connectivity index (χ0) is 15.8. The Morgan fingerprint density at radius 3 is 2.74 bits per heavy atom.